The van der Waals surface area contributed by atoms with E-state index in [0.717, 1.165) is 18.5 Å². The van der Waals surface area contributed by atoms with Crippen molar-refractivity contribution in [3.05, 3.63) is 54.1 Å². The molecule has 11 nitrogen and oxygen atoms in total. The summed E-state index contributed by atoms with van der Waals surface area (Å²) in [7, 11) is 5.02. The summed E-state index contributed by atoms with van der Waals surface area (Å²) >= 11 is 0. The third-order valence-electron chi connectivity index (χ3n) is 8.80. The van der Waals surface area contributed by atoms with E-state index in [9.17, 15) is 14.4 Å². The molecule has 264 valence electrons. The summed E-state index contributed by atoms with van der Waals surface area (Å²) in [6.45, 7) is 12.3. The SMILES string of the molecule is COCCCOc1cc(C(=O)N(C[C@@H]2CN(C(=O)OC(C)(C)C)C[C@H]2CN(C(=O)N(C)c2ccccc2)C2CC2)C(C)C)ccc1OC. The molecule has 0 unspecified atom stereocenters. The van der Waals surface area contributed by atoms with Crippen molar-refractivity contribution in [1.29, 1.82) is 0 Å². The van der Waals surface area contributed by atoms with Gasteiger partial charge in [-0.05, 0) is 77.8 Å². The Kier molecular flexibility index (Phi) is 12.6. The molecular weight excluding hydrogens is 612 g/mol. The molecule has 0 N–H and O–H groups in total. The summed E-state index contributed by atoms with van der Waals surface area (Å²) < 4.78 is 22.4. The van der Waals surface area contributed by atoms with Crippen LogP contribution in [0.15, 0.2) is 48.5 Å². The summed E-state index contributed by atoms with van der Waals surface area (Å²) in [6.07, 6.45) is 2.22. The van der Waals surface area contributed by atoms with Crippen molar-refractivity contribution in [3.63, 3.8) is 0 Å². The molecule has 4 rings (SSSR count). The molecule has 0 spiro atoms. The number of ether oxygens (including phenoxy) is 4. The number of amides is 4. The highest BCUT2D eigenvalue weighted by molar-refractivity contribution is 5.95. The first-order valence-electron chi connectivity index (χ1n) is 17.0. The number of hydrogen-bond donors (Lipinski definition) is 0. The lowest BCUT2D eigenvalue weighted by Gasteiger charge is -2.34. The predicted molar refractivity (Wildman–Crippen MR) is 186 cm³/mol. The van der Waals surface area contributed by atoms with Crippen molar-refractivity contribution in [2.45, 2.75) is 71.6 Å². The lowest BCUT2D eigenvalue weighted by atomic mass is 9.94. The van der Waals surface area contributed by atoms with E-state index in [4.69, 9.17) is 18.9 Å². The van der Waals surface area contributed by atoms with Gasteiger partial charge in [0, 0.05) is 88.5 Å². The molecule has 1 aliphatic carbocycles. The van der Waals surface area contributed by atoms with Crippen LogP contribution in [0.4, 0.5) is 15.3 Å². The van der Waals surface area contributed by atoms with Crippen LogP contribution in [0, 0.1) is 11.8 Å². The molecule has 1 heterocycles. The van der Waals surface area contributed by atoms with Crippen LogP contribution in [0.1, 0.15) is 64.2 Å². The molecule has 2 fully saturated rings. The van der Waals surface area contributed by atoms with E-state index in [1.54, 1.807) is 49.3 Å². The average molecular weight is 667 g/mol. The van der Waals surface area contributed by atoms with Crippen LogP contribution >= 0.6 is 0 Å². The quantitative estimate of drug-likeness (QED) is 0.223. The largest absolute Gasteiger partial charge is 0.493 e. The van der Waals surface area contributed by atoms with Crippen molar-refractivity contribution in [3.8, 4) is 11.5 Å². The van der Waals surface area contributed by atoms with Crippen molar-refractivity contribution in [1.82, 2.24) is 14.7 Å². The number of nitrogens with zero attached hydrogens (tertiary/aromatic N) is 4. The monoisotopic (exact) mass is 666 g/mol. The minimum Gasteiger partial charge on any atom is -0.493 e. The van der Waals surface area contributed by atoms with Crippen LogP contribution in [0.5, 0.6) is 11.5 Å². The normalized spacial score (nSPS) is 17.6. The molecule has 2 aromatic carbocycles. The lowest BCUT2D eigenvalue weighted by molar-refractivity contribution is 0.0281. The van der Waals surface area contributed by atoms with Crippen LogP contribution in [-0.4, -0.2) is 111 Å². The molecule has 11 heteroatoms. The van der Waals surface area contributed by atoms with Gasteiger partial charge in [0.25, 0.3) is 5.91 Å². The van der Waals surface area contributed by atoms with Crippen molar-refractivity contribution < 1.29 is 33.3 Å². The molecule has 48 heavy (non-hydrogen) atoms. The third-order valence-corrected chi connectivity index (χ3v) is 8.80. The molecule has 2 atom stereocenters. The highest BCUT2D eigenvalue weighted by atomic mass is 16.6. The van der Waals surface area contributed by atoms with Crippen molar-refractivity contribution in [2.24, 2.45) is 11.8 Å². The minimum atomic E-state index is -0.642. The smallest absolute Gasteiger partial charge is 0.410 e. The van der Waals surface area contributed by atoms with Crippen molar-refractivity contribution >= 4 is 23.7 Å². The minimum absolute atomic E-state index is 0.0594. The molecule has 1 saturated heterocycles. The highest BCUT2D eigenvalue weighted by Gasteiger charge is 2.43. The number of anilines is 1. The van der Waals surface area contributed by atoms with Crippen LogP contribution in [0.25, 0.3) is 0 Å². The number of methoxy groups -OCH3 is 2. The fraction of sp³-hybridized carbons (Fsp3) is 0.595. The van der Waals surface area contributed by atoms with E-state index in [1.165, 1.54) is 0 Å². The Morgan fingerprint density at radius 2 is 1.58 bits per heavy atom. The van der Waals surface area contributed by atoms with E-state index in [0.29, 0.717) is 62.9 Å². The van der Waals surface area contributed by atoms with Crippen LogP contribution in [-0.2, 0) is 9.47 Å². The van der Waals surface area contributed by atoms with E-state index >= 15 is 0 Å². The number of likely N-dealkylation sites (tertiary alicyclic amines) is 1. The van der Waals surface area contributed by atoms with Gasteiger partial charge in [0.15, 0.2) is 11.5 Å². The average Bonchev–Trinajstić information content (AvgIpc) is 3.82. The van der Waals surface area contributed by atoms with Crippen molar-refractivity contribution in [2.75, 3.05) is 65.6 Å². The van der Waals surface area contributed by atoms with Crippen LogP contribution in [0.3, 0.4) is 0 Å². The first-order valence-corrected chi connectivity index (χ1v) is 17.0. The Morgan fingerprint density at radius 1 is 0.917 bits per heavy atom. The first kappa shape index (κ1) is 36.8. The summed E-state index contributed by atoms with van der Waals surface area (Å²) in [4.78, 5) is 48.6. The summed E-state index contributed by atoms with van der Waals surface area (Å²) in [5.41, 5.74) is 0.671. The van der Waals surface area contributed by atoms with Gasteiger partial charge in [0.1, 0.15) is 5.60 Å². The number of benzene rings is 2. The second-order valence-corrected chi connectivity index (χ2v) is 14.1. The zero-order valence-electron chi connectivity index (χ0n) is 29.9. The summed E-state index contributed by atoms with van der Waals surface area (Å²) in [5, 5.41) is 0. The molecule has 4 amide bonds. The van der Waals surface area contributed by atoms with Crippen LogP contribution in [0.2, 0.25) is 0 Å². The predicted octanol–water partition coefficient (Wildman–Crippen LogP) is 6.17. The van der Waals surface area contributed by atoms with Gasteiger partial charge in [-0.2, -0.15) is 0 Å². The maximum atomic E-state index is 14.1. The Bertz CT molecular complexity index is 1380. The number of para-hydroxylation sites is 1. The standard InChI is InChI=1S/C37H54N4O7/c1-26(2)40(34(42)27-15-18-32(46-8)33(21-27)47-20-12-19-45-7)24-28-22-39(36(44)48-37(3,4)5)23-29(28)25-41(31-16-17-31)35(43)38(6)30-13-10-9-11-14-30/h9-11,13-15,18,21,26,28-29,31H,12,16-17,19-20,22-25H2,1-8H3/t28-,29-/m0/s1. The van der Waals surface area contributed by atoms with Gasteiger partial charge in [-0.25, -0.2) is 9.59 Å². The second-order valence-electron chi connectivity index (χ2n) is 14.1. The molecule has 2 aliphatic rings. The number of rotatable bonds is 14. The van der Waals surface area contributed by atoms with E-state index in [1.807, 2.05) is 74.8 Å². The molecule has 0 bridgehead atoms. The first-order chi connectivity index (χ1) is 22.8. The van der Waals surface area contributed by atoms with E-state index in [2.05, 4.69) is 0 Å². The van der Waals surface area contributed by atoms with Gasteiger partial charge >= 0.3 is 12.1 Å². The number of hydrogen-bond acceptors (Lipinski definition) is 7. The maximum absolute atomic E-state index is 14.1. The highest BCUT2D eigenvalue weighted by Crippen LogP contribution is 2.35. The molecular formula is C37H54N4O7. The van der Waals surface area contributed by atoms with Gasteiger partial charge < -0.3 is 33.6 Å². The van der Waals surface area contributed by atoms with E-state index < -0.39 is 5.60 Å². The van der Waals surface area contributed by atoms with Gasteiger partial charge in [-0.15, -0.1) is 0 Å². The van der Waals surface area contributed by atoms with Gasteiger partial charge in [0.2, 0.25) is 0 Å². The Morgan fingerprint density at radius 3 is 2.17 bits per heavy atom. The Hall–Kier alpha value is -3.99. The van der Waals surface area contributed by atoms with Gasteiger partial charge in [-0.3, -0.25) is 9.69 Å². The third kappa shape index (κ3) is 9.78. The van der Waals surface area contributed by atoms with Crippen LogP contribution < -0.4 is 14.4 Å². The molecule has 1 aliphatic heterocycles. The molecule has 0 radical (unpaired) electrons. The summed E-state index contributed by atoms with van der Waals surface area (Å²) in [5.74, 6) is 0.773. The van der Waals surface area contributed by atoms with E-state index in [-0.39, 0.29) is 42.0 Å². The zero-order valence-corrected chi connectivity index (χ0v) is 29.9. The maximum Gasteiger partial charge on any atom is 0.410 e. The summed E-state index contributed by atoms with van der Waals surface area (Å²) in [6, 6.07) is 14.8. The Labute approximate surface area is 286 Å². The van der Waals surface area contributed by atoms with Gasteiger partial charge in [0.05, 0.1) is 13.7 Å². The lowest BCUT2D eigenvalue weighted by Crippen LogP contribution is -2.47. The topological polar surface area (TPSA) is 101 Å². The molecule has 0 aromatic heterocycles. The fourth-order valence-electron chi connectivity index (χ4n) is 6.06. The molecule has 2 aromatic rings. The number of carbonyl (C=O) groups excluding carboxylic acids is 3. The number of carbonyl (C=O) groups is 3. The van der Waals surface area contributed by atoms with Gasteiger partial charge in [-0.1, -0.05) is 18.2 Å². The number of urea groups is 1. The Balaban J connectivity index is 1.58. The molecule has 1 saturated carbocycles. The zero-order chi connectivity index (χ0) is 35.0. The second kappa shape index (κ2) is 16.4. The fourth-order valence-corrected chi connectivity index (χ4v) is 6.06.